The Kier molecular flexibility index (Phi) is 4.90. The maximum atomic E-state index is 12.2. The van der Waals surface area contributed by atoms with Gasteiger partial charge < -0.3 is 15.4 Å². The van der Waals surface area contributed by atoms with Crippen LogP contribution in [0.4, 0.5) is 8.78 Å². The van der Waals surface area contributed by atoms with E-state index in [-0.39, 0.29) is 5.75 Å². The van der Waals surface area contributed by atoms with Crippen LogP contribution in [-0.2, 0) is 6.54 Å². The fourth-order valence-electron chi connectivity index (χ4n) is 2.17. The van der Waals surface area contributed by atoms with Gasteiger partial charge in [-0.05, 0) is 25.5 Å². The smallest absolute Gasteiger partial charge is 0.387 e. The third-order valence-corrected chi connectivity index (χ3v) is 3.06. The van der Waals surface area contributed by atoms with Gasteiger partial charge in [-0.3, -0.25) is 0 Å². The van der Waals surface area contributed by atoms with Crippen molar-refractivity contribution in [2.75, 3.05) is 13.1 Å². The van der Waals surface area contributed by atoms with Gasteiger partial charge in [-0.15, -0.1) is 0 Å². The van der Waals surface area contributed by atoms with Gasteiger partial charge in [-0.2, -0.15) is 8.78 Å². The van der Waals surface area contributed by atoms with E-state index in [1.807, 2.05) is 6.07 Å². The molecule has 1 aliphatic rings. The fraction of sp³-hybridized carbons (Fsp3) is 0.538. The van der Waals surface area contributed by atoms with Crippen molar-refractivity contribution in [3.63, 3.8) is 0 Å². The molecule has 1 fully saturated rings. The van der Waals surface area contributed by atoms with E-state index in [0.717, 1.165) is 18.7 Å². The molecule has 0 bridgehead atoms. The molecule has 0 radical (unpaired) electrons. The standard InChI is InChI=1S/C13H18F2N2O/c14-13(15)18-12-6-2-1-4-10(12)8-16-9-11-5-3-7-17-11/h1-2,4,6,11,13,16-17H,3,5,7-9H2. The highest BCUT2D eigenvalue weighted by molar-refractivity contribution is 5.33. The zero-order valence-electron chi connectivity index (χ0n) is 10.2. The number of halogens is 2. The highest BCUT2D eigenvalue weighted by Gasteiger charge is 2.13. The van der Waals surface area contributed by atoms with Crippen LogP contribution in [0.3, 0.4) is 0 Å². The van der Waals surface area contributed by atoms with E-state index in [1.165, 1.54) is 12.8 Å². The number of nitrogens with one attached hydrogen (secondary N) is 2. The minimum atomic E-state index is -2.78. The normalized spacial score (nSPS) is 19.4. The van der Waals surface area contributed by atoms with Gasteiger partial charge in [-0.25, -0.2) is 0 Å². The Morgan fingerprint density at radius 3 is 2.94 bits per heavy atom. The Morgan fingerprint density at radius 2 is 2.22 bits per heavy atom. The average molecular weight is 256 g/mol. The molecule has 0 aliphatic carbocycles. The van der Waals surface area contributed by atoms with E-state index in [1.54, 1.807) is 18.2 Å². The van der Waals surface area contributed by atoms with Gasteiger partial charge in [0, 0.05) is 24.7 Å². The minimum absolute atomic E-state index is 0.249. The molecule has 18 heavy (non-hydrogen) atoms. The number of rotatable bonds is 6. The van der Waals surface area contributed by atoms with Gasteiger partial charge in [0.2, 0.25) is 0 Å². The zero-order valence-corrected chi connectivity index (χ0v) is 10.2. The third-order valence-electron chi connectivity index (χ3n) is 3.06. The van der Waals surface area contributed by atoms with Gasteiger partial charge in [0.1, 0.15) is 5.75 Å². The second kappa shape index (κ2) is 6.66. The molecule has 1 heterocycles. The van der Waals surface area contributed by atoms with E-state index in [4.69, 9.17) is 0 Å². The summed E-state index contributed by atoms with van der Waals surface area (Å²) in [6, 6.07) is 7.38. The van der Waals surface area contributed by atoms with Gasteiger partial charge in [0.25, 0.3) is 0 Å². The van der Waals surface area contributed by atoms with Crippen molar-refractivity contribution in [2.45, 2.75) is 32.0 Å². The quantitative estimate of drug-likeness (QED) is 0.818. The summed E-state index contributed by atoms with van der Waals surface area (Å²) >= 11 is 0. The molecule has 1 atom stereocenters. The molecule has 5 heteroatoms. The van der Waals surface area contributed by atoms with Crippen molar-refractivity contribution in [1.29, 1.82) is 0 Å². The number of para-hydroxylation sites is 1. The molecular formula is C13H18F2N2O. The summed E-state index contributed by atoms with van der Waals surface area (Å²) in [6.07, 6.45) is 2.37. The lowest BCUT2D eigenvalue weighted by atomic mass is 10.2. The topological polar surface area (TPSA) is 33.3 Å². The Bertz CT molecular complexity index is 368. The van der Waals surface area contributed by atoms with E-state index in [2.05, 4.69) is 15.4 Å². The summed E-state index contributed by atoms with van der Waals surface area (Å²) < 4.78 is 28.9. The van der Waals surface area contributed by atoms with Crippen LogP contribution >= 0.6 is 0 Å². The second-order valence-electron chi connectivity index (χ2n) is 4.41. The van der Waals surface area contributed by atoms with Crippen LogP contribution in [0.1, 0.15) is 18.4 Å². The first kappa shape index (κ1) is 13.2. The van der Waals surface area contributed by atoms with Crippen LogP contribution in [-0.4, -0.2) is 25.7 Å². The summed E-state index contributed by atoms with van der Waals surface area (Å²) in [5, 5.41) is 6.65. The lowest BCUT2D eigenvalue weighted by Crippen LogP contribution is -2.33. The van der Waals surface area contributed by atoms with E-state index < -0.39 is 6.61 Å². The second-order valence-corrected chi connectivity index (χ2v) is 4.41. The van der Waals surface area contributed by atoms with E-state index in [0.29, 0.717) is 12.6 Å². The zero-order chi connectivity index (χ0) is 12.8. The summed E-state index contributed by atoms with van der Waals surface area (Å²) in [6.45, 7) is -0.315. The maximum absolute atomic E-state index is 12.2. The van der Waals surface area contributed by atoms with Crippen LogP contribution in [0.5, 0.6) is 5.75 Å². The molecule has 2 rings (SSSR count). The van der Waals surface area contributed by atoms with E-state index >= 15 is 0 Å². The largest absolute Gasteiger partial charge is 0.434 e. The molecule has 100 valence electrons. The summed E-state index contributed by atoms with van der Waals surface area (Å²) in [5.74, 6) is 0.249. The van der Waals surface area contributed by atoms with Gasteiger partial charge in [-0.1, -0.05) is 18.2 Å². The van der Waals surface area contributed by atoms with E-state index in [9.17, 15) is 8.78 Å². The summed E-state index contributed by atoms with van der Waals surface area (Å²) in [7, 11) is 0. The monoisotopic (exact) mass is 256 g/mol. The number of ether oxygens (including phenoxy) is 1. The first-order valence-corrected chi connectivity index (χ1v) is 6.22. The SMILES string of the molecule is FC(F)Oc1ccccc1CNCC1CCCN1. The lowest BCUT2D eigenvalue weighted by molar-refractivity contribution is -0.0504. The molecule has 2 N–H and O–H groups in total. The Morgan fingerprint density at radius 1 is 1.39 bits per heavy atom. The molecule has 1 aromatic rings. The van der Waals surface area contributed by atoms with Crippen molar-refractivity contribution < 1.29 is 13.5 Å². The molecule has 0 aromatic heterocycles. The van der Waals surface area contributed by atoms with Crippen molar-refractivity contribution in [3.05, 3.63) is 29.8 Å². The lowest BCUT2D eigenvalue weighted by Gasteiger charge is -2.14. The molecule has 1 aromatic carbocycles. The van der Waals surface area contributed by atoms with Crippen molar-refractivity contribution in [3.8, 4) is 5.75 Å². The third kappa shape index (κ3) is 3.92. The first-order chi connectivity index (χ1) is 8.75. The van der Waals surface area contributed by atoms with Crippen molar-refractivity contribution in [1.82, 2.24) is 10.6 Å². The van der Waals surface area contributed by atoms with Crippen molar-refractivity contribution >= 4 is 0 Å². The van der Waals surface area contributed by atoms with Crippen LogP contribution < -0.4 is 15.4 Å². The summed E-state index contributed by atoms with van der Waals surface area (Å²) in [5.41, 5.74) is 0.760. The Labute approximate surface area is 106 Å². The number of hydrogen-bond donors (Lipinski definition) is 2. The highest BCUT2D eigenvalue weighted by atomic mass is 19.3. The number of hydrogen-bond acceptors (Lipinski definition) is 3. The van der Waals surface area contributed by atoms with Crippen LogP contribution in [0.15, 0.2) is 24.3 Å². The van der Waals surface area contributed by atoms with Crippen LogP contribution in [0, 0.1) is 0 Å². The van der Waals surface area contributed by atoms with Gasteiger partial charge in [0.15, 0.2) is 0 Å². The number of benzene rings is 1. The summed E-state index contributed by atoms with van der Waals surface area (Å²) in [4.78, 5) is 0. The predicted octanol–water partition coefficient (Wildman–Crippen LogP) is 2.13. The average Bonchev–Trinajstić information content (AvgIpc) is 2.84. The Hall–Kier alpha value is -1.20. The highest BCUT2D eigenvalue weighted by Crippen LogP contribution is 2.19. The van der Waals surface area contributed by atoms with Gasteiger partial charge >= 0.3 is 6.61 Å². The van der Waals surface area contributed by atoms with Crippen LogP contribution in [0.2, 0.25) is 0 Å². The molecule has 1 saturated heterocycles. The molecule has 0 saturated carbocycles. The van der Waals surface area contributed by atoms with Gasteiger partial charge in [0.05, 0.1) is 0 Å². The molecule has 0 spiro atoms. The molecule has 1 aliphatic heterocycles. The van der Waals surface area contributed by atoms with Crippen molar-refractivity contribution in [2.24, 2.45) is 0 Å². The first-order valence-electron chi connectivity index (χ1n) is 6.22. The molecule has 0 amide bonds. The molecular weight excluding hydrogens is 238 g/mol. The minimum Gasteiger partial charge on any atom is -0.434 e. The fourth-order valence-corrected chi connectivity index (χ4v) is 2.17. The predicted molar refractivity (Wildman–Crippen MR) is 65.8 cm³/mol. The molecule has 3 nitrogen and oxygen atoms in total. The Balaban J connectivity index is 1.83. The van der Waals surface area contributed by atoms with Crippen LogP contribution in [0.25, 0.3) is 0 Å². The molecule has 1 unspecified atom stereocenters. The maximum Gasteiger partial charge on any atom is 0.387 e. The number of alkyl halides is 2.